The fourth-order valence-electron chi connectivity index (χ4n) is 4.16. The van der Waals surface area contributed by atoms with Crippen molar-refractivity contribution in [1.82, 2.24) is 10.2 Å². The summed E-state index contributed by atoms with van der Waals surface area (Å²) in [6, 6.07) is 13.7. The molecule has 0 aromatic heterocycles. The monoisotopic (exact) mass is 438 g/mol. The molecule has 3 rings (SSSR count). The molecule has 0 unspecified atom stereocenters. The van der Waals surface area contributed by atoms with Crippen molar-refractivity contribution in [3.8, 4) is 17.2 Å². The molecule has 1 aliphatic heterocycles. The second kappa shape index (κ2) is 11.6. The Bertz CT molecular complexity index is 896. The smallest absolute Gasteiger partial charge is 0.254 e. The molecule has 0 saturated carbocycles. The van der Waals surface area contributed by atoms with E-state index in [2.05, 4.69) is 30.4 Å². The molecule has 2 aromatic carbocycles. The van der Waals surface area contributed by atoms with Crippen molar-refractivity contribution in [2.24, 2.45) is 5.92 Å². The molecule has 1 N–H and O–H groups in total. The topological polar surface area (TPSA) is 60.0 Å². The van der Waals surface area contributed by atoms with Crippen molar-refractivity contribution in [2.75, 3.05) is 47.5 Å². The number of nitrogens with one attached hydrogen (secondary N) is 1. The van der Waals surface area contributed by atoms with Gasteiger partial charge in [-0.05, 0) is 56.5 Å². The average Bonchev–Trinajstić information content (AvgIpc) is 2.83. The van der Waals surface area contributed by atoms with Crippen molar-refractivity contribution < 1.29 is 19.0 Å². The van der Waals surface area contributed by atoms with E-state index in [0.29, 0.717) is 35.3 Å². The van der Waals surface area contributed by atoms with Crippen LogP contribution >= 0.6 is 0 Å². The number of hydrogen-bond donors (Lipinski definition) is 1. The first kappa shape index (κ1) is 23.7. The van der Waals surface area contributed by atoms with Gasteiger partial charge in [-0.15, -0.1) is 0 Å². The number of hydrogen-bond acceptors (Lipinski definition) is 5. The van der Waals surface area contributed by atoms with Crippen molar-refractivity contribution >= 4 is 12.0 Å². The molecule has 0 atom stereocenters. The van der Waals surface area contributed by atoms with Gasteiger partial charge in [0.2, 0.25) is 5.75 Å². The summed E-state index contributed by atoms with van der Waals surface area (Å²) in [5.74, 6) is 1.88. The Hall–Kier alpha value is -2.99. The molecule has 2 aromatic rings. The second-order valence-corrected chi connectivity index (χ2v) is 8.19. The zero-order chi connectivity index (χ0) is 22.9. The Morgan fingerprint density at radius 2 is 1.66 bits per heavy atom. The van der Waals surface area contributed by atoms with Crippen molar-refractivity contribution in [2.45, 2.75) is 19.8 Å². The van der Waals surface area contributed by atoms with Crippen LogP contribution < -0.4 is 19.5 Å². The van der Waals surface area contributed by atoms with Gasteiger partial charge in [-0.3, -0.25) is 4.79 Å². The molecule has 0 bridgehead atoms. The summed E-state index contributed by atoms with van der Waals surface area (Å²) < 4.78 is 16.3. The minimum atomic E-state index is -0.0383. The molecule has 1 aliphatic rings. The summed E-state index contributed by atoms with van der Waals surface area (Å²) >= 11 is 0. The number of ether oxygens (including phenoxy) is 3. The van der Waals surface area contributed by atoms with Gasteiger partial charge in [0.05, 0.1) is 21.3 Å². The summed E-state index contributed by atoms with van der Waals surface area (Å²) in [4.78, 5) is 15.6. The van der Waals surface area contributed by atoms with E-state index in [0.717, 1.165) is 43.6 Å². The Morgan fingerprint density at radius 1 is 1.03 bits per heavy atom. The highest BCUT2D eigenvalue weighted by molar-refractivity contribution is 5.96. The van der Waals surface area contributed by atoms with Gasteiger partial charge in [0, 0.05) is 18.7 Å². The van der Waals surface area contributed by atoms with E-state index in [-0.39, 0.29) is 5.91 Å². The Morgan fingerprint density at radius 3 is 2.22 bits per heavy atom. The lowest BCUT2D eigenvalue weighted by molar-refractivity contribution is 0.0732. The molecular weight excluding hydrogens is 404 g/mol. The van der Waals surface area contributed by atoms with Crippen molar-refractivity contribution in [3.05, 3.63) is 59.2 Å². The molecule has 0 aliphatic carbocycles. The molecule has 1 fully saturated rings. The number of amides is 1. The number of benzene rings is 2. The molecule has 1 saturated heterocycles. The van der Waals surface area contributed by atoms with Gasteiger partial charge < -0.3 is 24.4 Å². The third kappa shape index (κ3) is 6.04. The van der Waals surface area contributed by atoms with Crippen LogP contribution in [-0.4, -0.2) is 58.3 Å². The highest BCUT2D eigenvalue weighted by Gasteiger charge is 2.24. The van der Waals surface area contributed by atoms with Gasteiger partial charge in [-0.1, -0.05) is 42.0 Å². The number of nitrogens with zero attached hydrogens (tertiary/aromatic N) is 1. The van der Waals surface area contributed by atoms with Gasteiger partial charge in [-0.25, -0.2) is 0 Å². The summed E-state index contributed by atoms with van der Waals surface area (Å²) in [7, 11) is 4.68. The van der Waals surface area contributed by atoms with Crippen LogP contribution in [0, 0.1) is 5.92 Å². The first-order chi connectivity index (χ1) is 15.5. The number of methoxy groups -OCH3 is 3. The minimum Gasteiger partial charge on any atom is -0.493 e. The van der Waals surface area contributed by atoms with Crippen molar-refractivity contribution in [3.63, 3.8) is 0 Å². The van der Waals surface area contributed by atoms with Crippen molar-refractivity contribution in [1.29, 1.82) is 0 Å². The van der Waals surface area contributed by atoms with E-state index in [4.69, 9.17) is 14.2 Å². The lowest BCUT2D eigenvalue weighted by atomic mass is 9.96. The molecule has 1 amide bonds. The van der Waals surface area contributed by atoms with Gasteiger partial charge in [0.25, 0.3) is 5.91 Å². The number of rotatable bonds is 9. The molecule has 0 radical (unpaired) electrons. The van der Waals surface area contributed by atoms with Gasteiger partial charge >= 0.3 is 0 Å². The normalized spacial score (nSPS) is 14.7. The largest absolute Gasteiger partial charge is 0.493 e. The first-order valence-electron chi connectivity index (χ1n) is 11.1. The standard InChI is InChI=1S/C26H34N2O4/c1-19(14-20-8-6-5-7-9-20)17-28(18-21-10-12-27-13-11-21)26(29)22-15-23(30-2)25(32-4)24(16-22)31-3/h5-9,14-16,21,27H,10-13,17-18H2,1-4H3/b19-14-. The zero-order valence-electron chi connectivity index (χ0n) is 19.5. The Balaban J connectivity index is 1.89. The van der Waals surface area contributed by atoms with Gasteiger partial charge in [0.1, 0.15) is 0 Å². The van der Waals surface area contributed by atoms with Crippen LogP contribution in [0.4, 0.5) is 0 Å². The van der Waals surface area contributed by atoms with E-state index < -0.39 is 0 Å². The molecule has 6 heteroatoms. The third-order valence-corrected chi connectivity index (χ3v) is 5.79. The first-order valence-corrected chi connectivity index (χ1v) is 11.1. The SMILES string of the molecule is COc1cc(C(=O)N(C/C(C)=C\c2ccccc2)CC2CCNCC2)cc(OC)c1OC. The maximum absolute atomic E-state index is 13.7. The van der Waals surface area contributed by atoms with E-state index in [1.54, 1.807) is 33.5 Å². The highest BCUT2D eigenvalue weighted by Crippen LogP contribution is 2.38. The van der Waals surface area contributed by atoms with Crippen LogP contribution in [-0.2, 0) is 0 Å². The summed E-state index contributed by atoms with van der Waals surface area (Å²) in [6.45, 7) is 5.35. The maximum Gasteiger partial charge on any atom is 0.254 e. The summed E-state index contributed by atoms with van der Waals surface area (Å²) in [5.41, 5.74) is 2.79. The molecule has 6 nitrogen and oxygen atoms in total. The predicted octanol–water partition coefficient (Wildman–Crippen LogP) is 4.26. The third-order valence-electron chi connectivity index (χ3n) is 5.79. The lowest BCUT2D eigenvalue weighted by Gasteiger charge is -2.31. The molecule has 32 heavy (non-hydrogen) atoms. The summed E-state index contributed by atoms with van der Waals surface area (Å²) in [5, 5.41) is 3.40. The molecule has 172 valence electrons. The minimum absolute atomic E-state index is 0.0383. The second-order valence-electron chi connectivity index (χ2n) is 8.19. The number of piperidine rings is 1. The maximum atomic E-state index is 13.7. The van der Waals surface area contributed by atoms with Crippen LogP contribution in [0.1, 0.15) is 35.7 Å². The van der Waals surface area contributed by atoms with E-state index >= 15 is 0 Å². The quantitative estimate of drug-likeness (QED) is 0.634. The van der Waals surface area contributed by atoms with E-state index in [1.165, 1.54) is 0 Å². The lowest BCUT2D eigenvalue weighted by Crippen LogP contribution is -2.40. The molecule has 0 spiro atoms. The Kier molecular flexibility index (Phi) is 8.56. The average molecular weight is 439 g/mol. The zero-order valence-corrected chi connectivity index (χ0v) is 19.5. The fraction of sp³-hybridized carbons (Fsp3) is 0.423. The van der Waals surface area contributed by atoms with E-state index in [1.807, 2.05) is 23.1 Å². The van der Waals surface area contributed by atoms with Gasteiger partial charge in [-0.2, -0.15) is 0 Å². The van der Waals surface area contributed by atoms with E-state index in [9.17, 15) is 4.79 Å². The molecular formula is C26H34N2O4. The van der Waals surface area contributed by atoms with Crippen LogP contribution in [0.3, 0.4) is 0 Å². The Labute approximate surface area is 191 Å². The van der Waals surface area contributed by atoms with Crippen LogP contribution in [0.25, 0.3) is 6.08 Å². The number of carbonyl (C=O) groups is 1. The van der Waals surface area contributed by atoms with Crippen LogP contribution in [0.15, 0.2) is 48.0 Å². The predicted molar refractivity (Wildman–Crippen MR) is 128 cm³/mol. The molecule has 1 heterocycles. The number of carbonyl (C=O) groups excluding carboxylic acids is 1. The fourth-order valence-corrected chi connectivity index (χ4v) is 4.16. The van der Waals surface area contributed by atoms with Crippen LogP contribution in [0.5, 0.6) is 17.2 Å². The van der Waals surface area contributed by atoms with Crippen LogP contribution in [0.2, 0.25) is 0 Å². The summed E-state index contributed by atoms with van der Waals surface area (Å²) in [6.07, 6.45) is 4.28. The van der Waals surface area contributed by atoms with Gasteiger partial charge in [0.15, 0.2) is 11.5 Å². The highest BCUT2D eigenvalue weighted by atomic mass is 16.5.